The molecule has 1 aromatic heterocycles. The van der Waals surface area contributed by atoms with Crippen molar-refractivity contribution in [2.24, 2.45) is 0 Å². The smallest absolute Gasteiger partial charge is 0.262 e. The number of benzene rings is 3. The fourth-order valence-electron chi connectivity index (χ4n) is 3.62. The van der Waals surface area contributed by atoms with Crippen LogP contribution in [0.5, 0.6) is 5.75 Å². The second-order valence-corrected chi connectivity index (χ2v) is 8.61. The van der Waals surface area contributed by atoms with E-state index in [1.807, 2.05) is 37.3 Å². The van der Waals surface area contributed by atoms with E-state index < -0.39 is 0 Å². The highest BCUT2D eigenvalue weighted by Crippen LogP contribution is 2.33. The van der Waals surface area contributed by atoms with Crippen molar-refractivity contribution in [1.82, 2.24) is 0 Å². The van der Waals surface area contributed by atoms with E-state index >= 15 is 0 Å². The molecule has 3 aromatic carbocycles. The van der Waals surface area contributed by atoms with Crippen LogP contribution in [0.3, 0.4) is 0 Å². The highest BCUT2D eigenvalue weighted by atomic mass is 35.5. The highest BCUT2D eigenvalue weighted by Gasteiger charge is 2.23. The summed E-state index contributed by atoms with van der Waals surface area (Å²) >= 11 is 5.95. The molecule has 0 aliphatic heterocycles. The minimum atomic E-state index is -0.386. The van der Waals surface area contributed by atoms with Crippen LogP contribution in [0.1, 0.15) is 47.0 Å². The molecule has 1 N–H and O–H groups in total. The van der Waals surface area contributed by atoms with Gasteiger partial charge < -0.3 is 14.5 Å². The van der Waals surface area contributed by atoms with Gasteiger partial charge in [0.15, 0.2) is 12.4 Å². The Morgan fingerprint density at radius 2 is 1.76 bits per heavy atom. The lowest BCUT2D eigenvalue weighted by Gasteiger charge is -2.15. The first-order valence-electron chi connectivity index (χ1n) is 10.7. The van der Waals surface area contributed by atoms with Crippen LogP contribution in [0.25, 0.3) is 11.0 Å². The van der Waals surface area contributed by atoms with Crippen LogP contribution < -0.4 is 10.1 Å². The Morgan fingerprint density at radius 1 is 1.03 bits per heavy atom. The fraction of sp³-hybridized carbons (Fsp3) is 0.185. The molecule has 6 heteroatoms. The van der Waals surface area contributed by atoms with Crippen molar-refractivity contribution in [3.63, 3.8) is 0 Å². The Morgan fingerprint density at radius 3 is 2.48 bits per heavy atom. The molecule has 5 nitrogen and oxygen atoms in total. The van der Waals surface area contributed by atoms with E-state index in [-0.39, 0.29) is 30.0 Å². The molecule has 0 saturated heterocycles. The van der Waals surface area contributed by atoms with Gasteiger partial charge in [-0.1, -0.05) is 49.7 Å². The largest absolute Gasteiger partial charge is 0.483 e. The number of amides is 1. The summed E-state index contributed by atoms with van der Waals surface area (Å²) in [5, 5.41) is 3.99. The summed E-state index contributed by atoms with van der Waals surface area (Å²) in [6, 6.07) is 19.7. The van der Waals surface area contributed by atoms with E-state index in [1.54, 1.807) is 36.4 Å². The Labute approximate surface area is 197 Å². The molecule has 0 saturated carbocycles. The van der Waals surface area contributed by atoms with E-state index in [4.69, 9.17) is 20.8 Å². The number of hydrogen-bond donors (Lipinski definition) is 1. The summed E-state index contributed by atoms with van der Waals surface area (Å²) in [6.45, 7) is 5.92. The van der Waals surface area contributed by atoms with Crippen molar-refractivity contribution >= 4 is 39.9 Å². The van der Waals surface area contributed by atoms with Gasteiger partial charge in [-0.2, -0.15) is 0 Å². The lowest BCUT2D eigenvalue weighted by Crippen LogP contribution is -2.21. The quantitative estimate of drug-likeness (QED) is 0.308. The van der Waals surface area contributed by atoms with E-state index in [1.165, 1.54) is 0 Å². The number of hydrogen-bond acceptors (Lipinski definition) is 4. The number of fused-ring (bicyclic) bond motifs is 1. The monoisotopic (exact) mass is 461 g/mol. The van der Waals surface area contributed by atoms with Gasteiger partial charge >= 0.3 is 0 Å². The maximum Gasteiger partial charge on any atom is 0.262 e. The number of carbonyl (C=O) groups is 2. The zero-order valence-corrected chi connectivity index (χ0v) is 19.4. The van der Waals surface area contributed by atoms with Gasteiger partial charge in [-0.3, -0.25) is 9.59 Å². The summed E-state index contributed by atoms with van der Waals surface area (Å²) in [5.74, 6) is 0.257. The summed E-state index contributed by atoms with van der Waals surface area (Å²) in [7, 11) is 0. The summed E-state index contributed by atoms with van der Waals surface area (Å²) < 4.78 is 11.7. The zero-order valence-electron chi connectivity index (χ0n) is 18.6. The number of halogens is 1. The molecule has 0 unspecified atom stereocenters. The molecule has 0 aliphatic carbocycles. The maximum atomic E-state index is 13.1. The number of anilines is 1. The van der Waals surface area contributed by atoms with Crippen LogP contribution in [0, 0.1) is 6.92 Å². The second kappa shape index (κ2) is 9.51. The Balaban J connectivity index is 1.60. The van der Waals surface area contributed by atoms with E-state index in [0.29, 0.717) is 33.0 Å². The van der Waals surface area contributed by atoms with Crippen LogP contribution in [-0.4, -0.2) is 18.3 Å². The Hall–Kier alpha value is -3.57. The molecule has 4 aromatic rings. The van der Waals surface area contributed by atoms with E-state index in [2.05, 4.69) is 19.2 Å². The van der Waals surface area contributed by atoms with Crippen molar-refractivity contribution in [2.45, 2.75) is 26.7 Å². The molecule has 1 heterocycles. The average Bonchev–Trinajstić information content (AvgIpc) is 3.16. The maximum absolute atomic E-state index is 13.1. The van der Waals surface area contributed by atoms with Crippen LogP contribution >= 0.6 is 11.6 Å². The van der Waals surface area contributed by atoms with E-state index in [9.17, 15) is 9.59 Å². The summed E-state index contributed by atoms with van der Waals surface area (Å²) in [4.78, 5) is 26.0. The molecule has 0 bridgehead atoms. The van der Waals surface area contributed by atoms with Crippen molar-refractivity contribution in [2.75, 3.05) is 11.9 Å². The Bertz CT molecular complexity index is 1320. The highest BCUT2D eigenvalue weighted by molar-refractivity contribution is 6.30. The molecule has 1 amide bonds. The van der Waals surface area contributed by atoms with Gasteiger partial charge in [-0.25, -0.2) is 0 Å². The molecule has 168 valence electrons. The first kappa shape index (κ1) is 22.6. The van der Waals surface area contributed by atoms with E-state index in [0.717, 1.165) is 11.1 Å². The lowest BCUT2D eigenvalue weighted by molar-refractivity contribution is -0.118. The topological polar surface area (TPSA) is 68.5 Å². The summed E-state index contributed by atoms with van der Waals surface area (Å²) in [6.07, 6.45) is 0. The standard InChI is InChI=1S/C27H24ClNO4/c1-16(2)20-13-8-17(3)14-23(20)32-15-24(30)29-25-21-6-4-5-7-22(21)33-27(25)26(31)18-9-11-19(28)12-10-18/h4-14,16H,15H2,1-3H3,(H,29,30). The minimum Gasteiger partial charge on any atom is -0.483 e. The predicted octanol–water partition coefficient (Wildman–Crippen LogP) is 6.77. The number of ketones is 1. The van der Waals surface area contributed by atoms with Crippen LogP contribution in [0.4, 0.5) is 5.69 Å². The number of rotatable bonds is 7. The molecule has 0 spiro atoms. The van der Waals surface area contributed by atoms with Gasteiger partial charge in [-0.05, 0) is 66.4 Å². The number of ether oxygens (including phenoxy) is 1. The third-order valence-electron chi connectivity index (χ3n) is 5.32. The van der Waals surface area contributed by atoms with Crippen LogP contribution in [0.15, 0.2) is 71.1 Å². The minimum absolute atomic E-state index is 0.0605. The van der Waals surface area contributed by atoms with Crippen molar-refractivity contribution in [3.8, 4) is 5.75 Å². The molecular weight excluding hydrogens is 438 g/mol. The van der Waals surface area contributed by atoms with Gasteiger partial charge in [0.2, 0.25) is 5.78 Å². The molecule has 0 radical (unpaired) electrons. The number of nitrogens with one attached hydrogen (secondary N) is 1. The van der Waals surface area contributed by atoms with Gasteiger partial charge in [0.1, 0.15) is 11.3 Å². The van der Waals surface area contributed by atoms with Crippen molar-refractivity contribution < 1.29 is 18.7 Å². The normalized spacial score (nSPS) is 11.1. The third-order valence-corrected chi connectivity index (χ3v) is 5.57. The SMILES string of the molecule is Cc1ccc(C(C)C)c(OCC(=O)Nc2c(C(=O)c3ccc(Cl)cc3)oc3ccccc23)c1. The number of carbonyl (C=O) groups excluding carboxylic acids is 2. The molecular formula is C27H24ClNO4. The summed E-state index contributed by atoms with van der Waals surface area (Å²) in [5.41, 5.74) is 3.32. The zero-order chi connectivity index (χ0) is 23.5. The Kier molecular flexibility index (Phi) is 6.52. The number of aryl methyl sites for hydroxylation is 1. The third kappa shape index (κ3) is 4.94. The first-order chi connectivity index (χ1) is 15.8. The van der Waals surface area contributed by atoms with Gasteiger partial charge in [0.05, 0.1) is 5.69 Å². The second-order valence-electron chi connectivity index (χ2n) is 8.17. The van der Waals surface area contributed by atoms with Crippen LogP contribution in [0.2, 0.25) is 5.02 Å². The lowest BCUT2D eigenvalue weighted by atomic mass is 10.0. The average molecular weight is 462 g/mol. The van der Waals surface area contributed by atoms with Crippen molar-refractivity contribution in [3.05, 3.63) is 94.2 Å². The molecule has 33 heavy (non-hydrogen) atoms. The molecule has 0 atom stereocenters. The van der Waals surface area contributed by atoms with Crippen molar-refractivity contribution in [1.29, 1.82) is 0 Å². The van der Waals surface area contributed by atoms with Crippen LogP contribution in [-0.2, 0) is 4.79 Å². The fourth-order valence-corrected chi connectivity index (χ4v) is 3.75. The van der Waals surface area contributed by atoms with Gasteiger partial charge in [0, 0.05) is 16.0 Å². The molecule has 0 fully saturated rings. The predicted molar refractivity (Wildman–Crippen MR) is 130 cm³/mol. The molecule has 4 rings (SSSR count). The number of furan rings is 1. The molecule has 0 aliphatic rings. The first-order valence-corrected chi connectivity index (χ1v) is 11.1. The number of para-hydroxylation sites is 1. The van der Waals surface area contributed by atoms with Gasteiger partial charge in [0.25, 0.3) is 5.91 Å². The van der Waals surface area contributed by atoms with Gasteiger partial charge in [-0.15, -0.1) is 0 Å².